The van der Waals surface area contributed by atoms with Crippen molar-refractivity contribution in [1.82, 2.24) is 35.1 Å². The molecule has 1 aliphatic carbocycles. The number of likely N-dealkylation sites (tertiary alicyclic amines) is 1. The van der Waals surface area contributed by atoms with Gasteiger partial charge in [-0.15, -0.1) is 0 Å². The molecule has 2 saturated heterocycles. The Morgan fingerprint density at radius 2 is 1.78 bits per heavy atom. The number of pyridine rings is 1. The van der Waals surface area contributed by atoms with E-state index in [0.717, 1.165) is 75.8 Å². The van der Waals surface area contributed by atoms with Gasteiger partial charge in [0.25, 0.3) is 11.8 Å². The van der Waals surface area contributed by atoms with Gasteiger partial charge in [-0.05, 0) is 111 Å². The molecule has 4 amide bonds. The lowest BCUT2D eigenvalue weighted by Crippen LogP contribution is -2.62. The predicted molar refractivity (Wildman–Crippen MR) is 256 cm³/mol. The molecule has 6 bridgehead atoms. The first-order valence-corrected chi connectivity index (χ1v) is 23.9. The molecule has 2 N–H and O–H groups in total. The van der Waals surface area contributed by atoms with Crippen LogP contribution < -0.4 is 10.7 Å². The molecule has 354 valence electrons. The van der Waals surface area contributed by atoms with Crippen LogP contribution >= 0.6 is 0 Å². The van der Waals surface area contributed by atoms with Gasteiger partial charge in [0, 0.05) is 75.3 Å². The second-order valence-corrected chi connectivity index (χ2v) is 19.7. The van der Waals surface area contributed by atoms with Gasteiger partial charge in [-0.2, -0.15) is 0 Å². The van der Waals surface area contributed by atoms with E-state index in [4.69, 9.17) is 14.5 Å². The third-order valence-corrected chi connectivity index (χ3v) is 14.4. The molecule has 3 fully saturated rings. The van der Waals surface area contributed by atoms with Crippen LogP contribution in [0, 0.1) is 29.1 Å². The number of hydrazine groups is 1. The van der Waals surface area contributed by atoms with Gasteiger partial charge < -0.3 is 29.2 Å². The first-order valence-electron chi connectivity index (χ1n) is 23.9. The van der Waals surface area contributed by atoms with E-state index in [2.05, 4.69) is 84.4 Å². The van der Waals surface area contributed by atoms with Crippen LogP contribution in [0.1, 0.15) is 95.6 Å². The lowest BCUT2D eigenvalue weighted by atomic mass is 9.84. The molecular weight excluding hydrogens is 847 g/mol. The number of methoxy groups -OCH3 is 1. The van der Waals surface area contributed by atoms with Gasteiger partial charge in [-0.3, -0.25) is 34.0 Å². The van der Waals surface area contributed by atoms with Crippen LogP contribution in [0.4, 0.5) is 0 Å². The first kappa shape index (κ1) is 47.5. The van der Waals surface area contributed by atoms with Crippen molar-refractivity contribution in [2.75, 3.05) is 40.4 Å². The van der Waals surface area contributed by atoms with Crippen molar-refractivity contribution in [3.05, 3.63) is 77.6 Å². The minimum Gasteiger partial charge on any atom is -0.464 e. The van der Waals surface area contributed by atoms with Crippen LogP contribution in [0.25, 0.3) is 33.3 Å². The number of nitrogens with zero attached hydrogens (tertiary/aromatic N) is 5. The topological polar surface area (TPSA) is 155 Å². The first-order chi connectivity index (χ1) is 32.2. The monoisotopic (exact) mass is 911 g/mol. The van der Waals surface area contributed by atoms with Crippen LogP contribution in [0.15, 0.2) is 60.8 Å². The largest absolute Gasteiger partial charge is 0.464 e. The lowest BCUT2D eigenvalue weighted by Gasteiger charge is -2.37. The number of esters is 1. The van der Waals surface area contributed by atoms with E-state index in [-0.39, 0.29) is 49.3 Å². The average Bonchev–Trinajstić information content (AvgIpc) is 4.11. The number of aromatic nitrogens is 2. The van der Waals surface area contributed by atoms with Gasteiger partial charge in [-0.1, -0.05) is 62.9 Å². The molecule has 0 radical (unpaired) electrons. The number of carbonyl (C=O) groups excluding carboxylic acids is 5. The fourth-order valence-corrected chi connectivity index (χ4v) is 10.8. The number of rotatable bonds is 8. The normalized spacial score (nSPS) is 22.0. The second-order valence-electron chi connectivity index (χ2n) is 19.7. The van der Waals surface area contributed by atoms with E-state index in [1.807, 2.05) is 25.1 Å². The summed E-state index contributed by atoms with van der Waals surface area (Å²) in [5, 5.41) is 5.68. The van der Waals surface area contributed by atoms with Gasteiger partial charge in [0.05, 0.1) is 30.0 Å². The van der Waals surface area contributed by atoms with Crippen molar-refractivity contribution in [3.63, 3.8) is 0 Å². The van der Waals surface area contributed by atoms with E-state index in [1.165, 1.54) is 5.01 Å². The molecule has 67 heavy (non-hydrogen) atoms. The minimum absolute atomic E-state index is 0.0976. The van der Waals surface area contributed by atoms with Crippen molar-refractivity contribution in [1.29, 1.82) is 0 Å². The lowest BCUT2D eigenvalue weighted by molar-refractivity contribution is -0.155. The van der Waals surface area contributed by atoms with E-state index in [1.54, 1.807) is 37.1 Å². The third kappa shape index (κ3) is 10.00. The van der Waals surface area contributed by atoms with E-state index < -0.39 is 41.3 Å². The van der Waals surface area contributed by atoms with Crippen LogP contribution in [0.5, 0.6) is 0 Å². The highest BCUT2D eigenvalue weighted by Gasteiger charge is 2.42. The van der Waals surface area contributed by atoms with Gasteiger partial charge in [0.2, 0.25) is 11.8 Å². The smallest absolute Gasteiger partial charge is 0.324 e. The summed E-state index contributed by atoms with van der Waals surface area (Å²) in [5.41, 5.74) is 10.4. The van der Waals surface area contributed by atoms with Crippen LogP contribution in [0.2, 0.25) is 0 Å². The number of benzene rings is 2. The molecule has 14 nitrogen and oxygen atoms in total. The van der Waals surface area contributed by atoms with Gasteiger partial charge in [0.1, 0.15) is 18.1 Å². The summed E-state index contributed by atoms with van der Waals surface area (Å²) >= 11 is 0. The van der Waals surface area contributed by atoms with E-state index in [9.17, 15) is 24.0 Å². The highest BCUT2D eigenvalue weighted by atomic mass is 16.5. The van der Waals surface area contributed by atoms with Crippen molar-refractivity contribution in [2.45, 2.75) is 110 Å². The number of likely N-dealkylation sites (N-methyl/N-ethyl adjacent to an activating group) is 1. The van der Waals surface area contributed by atoms with Crippen molar-refractivity contribution >= 4 is 40.5 Å². The Bertz CT molecular complexity index is 2600. The zero-order valence-corrected chi connectivity index (χ0v) is 40.0. The molecular formula is C53H65N7O7. The zero-order valence-electron chi connectivity index (χ0n) is 40.0. The molecule has 2 aromatic carbocycles. The molecule has 2 aromatic heterocycles. The molecule has 14 heteroatoms. The molecule has 1 saturated carbocycles. The van der Waals surface area contributed by atoms with E-state index >= 15 is 0 Å². The maximum Gasteiger partial charge on any atom is 0.324 e. The Hall–Kier alpha value is -6.04. The molecule has 1 unspecified atom stereocenters. The number of amides is 4. The number of nitrogens with one attached hydrogen (secondary N) is 2. The fraction of sp³-hybridized carbons (Fsp3) is 0.509. The second kappa shape index (κ2) is 20.1. The molecule has 5 atom stereocenters. The maximum atomic E-state index is 14.8. The zero-order chi connectivity index (χ0) is 47.6. The van der Waals surface area contributed by atoms with Crippen LogP contribution in [-0.2, 0) is 53.3 Å². The molecule has 4 aliphatic rings. The highest BCUT2D eigenvalue weighted by Crippen LogP contribution is 2.41. The van der Waals surface area contributed by atoms with Crippen LogP contribution in [0.3, 0.4) is 0 Å². The van der Waals surface area contributed by atoms with Crippen molar-refractivity contribution in [3.8, 4) is 34.2 Å². The standard InChI is InChI=1S/C53H65N7O7/c1-8-14-45(61)59-26-23-38(31-59)50(63)58(6)47(35-16-9-10-17-35)49(62)55-43-28-34-15-11-18-36(27-34)37-21-22-44-40(29-37)41(48(57(44)5)39-19-12-24-54-46(39)33(2)66-7)30-53(3,4)32-67-52(65)42-20-13-25-60(56-42)51(43)64/h11-12,15,18-19,21-22,24,27,29,33,35,38,42-43,47,56H,9-10,13,16-17,20,23,25-26,28,30-32H2,1-7H3,(H,55,62)/t33-,38-,42-,43-,47?/m0/s1. The van der Waals surface area contributed by atoms with Crippen molar-refractivity contribution in [2.24, 2.45) is 24.3 Å². The number of ether oxygens (including phenoxy) is 2. The molecule has 3 aliphatic heterocycles. The summed E-state index contributed by atoms with van der Waals surface area (Å²) in [6.45, 7) is 8.94. The molecule has 0 spiro atoms. The Morgan fingerprint density at radius 1 is 1.00 bits per heavy atom. The number of carbonyl (C=O) groups is 5. The highest BCUT2D eigenvalue weighted by molar-refractivity contribution is 5.97. The summed E-state index contributed by atoms with van der Waals surface area (Å²) < 4.78 is 14.1. The van der Waals surface area contributed by atoms with E-state index in [0.29, 0.717) is 38.8 Å². The average molecular weight is 912 g/mol. The number of fused-ring (bicyclic) bond motifs is 6. The minimum atomic E-state index is -1.03. The Morgan fingerprint density at radius 3 is 2.54 bits per heavy atom. The summed E-state index contributed by atoms with van der Waals surface area (Å²) in [7, 11) is 5.43. The number of aryl methyl sites for hydroxylation is 1. The Kier molecular flexibility index (Phi) is 14.2. The molecule has 5 heterocycles. The number of hydrogen-bond donors (Lipinski definition) is 2. The maximum absolute atomic E-state index is 14.8. The molecule has 8 rings (SSSR count). The third-order valence-electron chi connectivity index (χ3n) is 14.4. The number of cyclic esters (lactones) is 1. The summed E-state index contributed by atoms with van der Waals surface area (Å²) in [4.78, 5) is 78.3. The SMILES string of the molecule is CC#CC(=O)N1CC[C@H](C(=O)N(C)C(C(=O)N[C@H]2Cc3cccc(c3)-c3ccc4c(c3)c(c(-c3cccnc3[C@H](C)OC)n4C)CC(C)(C)COC(=O)[C@@H]3CCCN(N3)C2=O)C2CCCC2)C1. The Balaban J connectivity index is 1.17. The predicted octanol–water partition coefficient (Wildman–Crippen LogP) is 6.15. The number of hydrogen-bond acceptors (Lipinski definition) is 9. The Labute approximate surface area is 394 Å². The fourth-order valence-electron chi connectivity index (χ4n) is 10.8. The molecule has 4 aromatic rings. The quantitative estimate of drug-likeness (QED) is 0.157. The van der Waals surface area contributed by atoms with Gasteiger partial charge in [0.15, 0.2) is 0 Å². The van der Waals surface area contributed by atoms with Crippen LogP contribution in [-0.4, -0.2) is 112 Å². The van der Waals surface area contributed by atoms with Gasteiger partial charge in [-0.25, -0.2) is 5.43 Å². The summed E-state index contributed by atoms with van der Waals surface area (Å²) in [6.07, 6.45) is 7.23. The van der Waals surface area contributed by atoms with Gasteiger partial charge >= 0.3 is 5.97 Å². The summed E-state index contributed by atoms with van der Waals surface area (Å²) in [5.74, 6) is 2.93. The summed E-state index contributed by atoms with van der Waals surface area (Å²) in [6, 6.07) is 16.0. The van der Waals surface area contributed by atoms with Crippen molar-refractivity contribution < 1.29 is 33.4 Å².